The van der Waals surface area contributed by atoms with Gasteiger partial charge >= 0.3 is 0 Å². The third-order valence-corrected chi connectivity index (χ3v) is 17.0. The summed E-state index contributed by atoms with van der Waals surface area (Å²) in [6.45, 7) is 8.03. The largest absolute Gasteiger partial charge is 0.456 e. The predicted octanol–water partition coefficient (Wildman–Crippen LogP) is 25.1. The molecule has 13 aromatic carbocycles. The molecule has 6 nitrogen and oxygen atoms in total. The van der Waals surface area contributed by atoms with Gasteiger partial charge in [-0.1, -0.05) is 261 Å². The molecule has 19 aromatic rings. The quantitative estimate of drug-likeness (QED) is 0.127. The molecule has 0 spiro atoms. The summed E-state index contributed by atoms with van der Waals surface area (Å²) in [5.41, 5.74) is 4.95. The summed E-state index contributed by atoms with van der Waals surface area (Å²) in [6.07, 6.45) is 6.51. The molecule has 0 aliphatic carbocycles. The molecule has 98 heavy (non-hydrogen) atoms. The minimum absolute atomic E-state index is 0.0771. The fourth-order valence-corrected chi connectivity index (χ4v) is 12.4. The molecule has 0 unspecified atom stereocenters. The van der Waals surface area contributed by atoms with Gasteiger partial charge in [-0.2, -0.15) is 0 Å². The molecule has 0 fully saturated rings. The Morgan fingerprint density at radius 3 is 1.28 bits per heavy atom. The number of nitrogens with zero attached hydrogens (tertiary/aromatic N) is 4. The van der Waals surface area contributed by atoms with Crippen molar-refractivity contribution >= 4 is 110 Å². The lowest BCUT2D eigenvalue weighted by Gasteiger charge is -2.15. The van der Waals surface area contributed by atoms with Crippen LogP contribution in [0.1, 0.15) is 52.2 Å². The molecule has 0 atom stereocenters. The Kier molecular flexibility index (Phi) is 8.40. The molecule has 0 saturated carbocycles. The third-order valence-electron chi connectivity index (χ3n) is 17.0. The molecule has 6 heteroatoms. The highest BCUT2D eigenvalue weighted by Crippen LogP contribution is 2.43. The van der Waals surface area contributed by atoms with Gasteiger partial charge in [0.15, 0.2) is 0 Å². The van der Waals surface area contributed by atoms with E-state index in [0.717, 1.165) is 38.1 Å². The van der Waals surface area contributed by atoms with Gasteiger partial charge in [0, 0.05) is 67.3 Å². The Labute approximate surface area is 607 Å². The van der Waals surface area contributed by atoms with Crippen LogP contribution in [0.2, 0.25) is 0 Å². The van der Waals surface area contributed by atoms with Crippen molar-refractivity contribution in [3.05, 3.63) is 339 Å². The third kappa shape index (κ3) is 9.98. The van der Waals surface area contributed by atoms with E-state index < -0.39 is 248 Å². The van der Waals surface area contributed by atoms with Crippen molar-refractivity contribution < 1.29 is 50.0 Å². The van der Waals surface area contributed by atoms with E-state index in [9.17, 15) is 9.60 Å². The van der Waals surface area contributed by atoms with Crippen molar-refractivity contribution in [2.45, 2.75) is 0 Å². The van der Waals surface area contributed by atoms with E-state index in [4.69, 9.17) is 50.3 Å². The van der Waals surface area contributed by atoms with Gasteiger partial charge in [-0.15, -0.1) is 0 Å². The molecule has 0 radical (unpaired) electrons. The summed E-state index contributed by atoms with van der Waals surface area (Å²) >= 11 is 0. The van der Waals surface area contributed by atoms with E-state index in [1.165, 1.54) is 6.08 Å². The average Bonchev–Trinajstić information content (AvgIpc) is 1.15. The lowest BCUT2D eigenvalue weighted by molar-refractivity contribution is 0.598. The first-order valence-corrected chi connectivity index (χ1v) is 30.5. The van der Waals surface area contributed by atoms with Gasteiger partial charge in [0.2, 0.25) is 0 Å². The van der Waals surface area contributed by atoms with Crippen LogP contribution in [-0.2, 0) is 0 Å². The average molecular weight is 1280 g/mol. The summed E-state index contributed by atoms with van der Waals surface area (Å²) in [5, 5.41) is 1.80. The van der Waals surface area contributed by atoms with Gasteiger partial charge in [0.1, 0.15) is 23.0 Å². The SMILES string of the molecule is [2H]c1c(-c2c([2H])c([2H])c(-c3ccc(-c4ccc5ccc6cccnc6c5n4)c(C=C)c3C=C)c([2H])c2[2H])oc(-c2c([2H])c3c([2H])c([2H])c([2H])c([2H])c3c3c([2H])c([2H])c([2H])c([2H])c23)c1[2H].[2H]c1c(-c2c([2H])c([2H])c([2H])c(-c3ccc(-c4ccc5ccc6cccnc6c5n4)c4ccccc34)c2[2H])oc(-c2c([2H])c3c([2H])c([2H])c([2H])c([2H])c3c3c([2H])c([2H])c([2H])c([2H])c23)c1[2H]. The number of fused-ring (bicyclic) bond motifs is 13. The number of aromatic nitrogens is 4. The summed E-state index contributed by atoms with van der Waals surface area (Å²) in [4.78, 5) is 19.1. The van der Waals surface area contributed by atoms with Crippen molar-refractivity contribution in [3.63, 3.8) is 0 Å². The lowest BCUT2D eigenvalue weighted by Crippen LogP contribution is -1.95. The number of rotatable bonds is 10. The molecule has 0 N–H and O–H groups in total. The van der Waals surface area contributed by atoms with Crippen molar-refractivity contribution in [2.75, 3.05) is 0 Å². The molecular weight excluding hydrogens is 1190 g/mol. The van der Waals surface area contributed by atoms with Crippen LogP contribution < -0.4 is 0 Å². The minimum Gasteiger partial charge on any atom is -0.456 e. The van der Waals surface area contributed by atoms with Gasteiger partial charge in [-0.25, -0.2) is 9.97 Å². The van der Waals surface area contributed by atoms with Crippen LogP contribution in [0.5, 0.6) is 0 Å². The predicted molar refractivity (Wildman–Crippen MR) is 410 cm³/mol. The highest BCUT2D eigenvalue weighted by molar-refractivity contribution is 6.15. The van der Waals surface area contributed by atoms with Crippen LogP contribution in [0, 0.1) is 0 Å². The summed E-state index contributed by atoms with van der Waals surface area (Å²) in [6, 6.07) is 17.2. The zero-order valence-corrected chi connectivity index (χ0v) is 50.9. The first kappa shape index (κ1) is 34.3. The van der Waals surface area contributed by atoms with Crippen molar-refractivity contribution in [3.8, 4) is 90.1 Å². The van der Waals surface area contributed by atoms with Crippen molar-refractivity contribution in [1.29, 1.82) is 0 Å². The maximum atomic E-state index is 9.56. The topological polar surface area (TPSA) is 77.8 Å². The van der Waals surface area contributed by atoms with Crippen molar-refractivity contribution in [1.82, 2.24) is 19.9 Å². The van der Waals surface area contributed by atoms with E-state index in [1.54, 1.807) is 54.9 Å². The Morgan fingerprint density at radius 1 is 0.276 bits per heavy atom. The summed E-state index contributed by atoms with van der Waals surface area (Å²) in [7, 11) is 0. The van der Waals surface area contributed by atoms with E-state index in [2.05, 4.69) is 23.1 Å². The molecule has 19 rings (SSSR count). The Balaban J connectivity index is 0.000000173. The number of pyridine rings is 4. The van der Waals surface area contributed by atoms with Gasteiger partial charge in [0.25, 0.3) is 0 Å². The Morgan fingerprint density at radius 2 is 0.704 bits per heavy atom. The van der Waals surface area contributed by atoms with Crippen LogP contribution in [0.3, 0.4) is 0 Å². The fraction of sp³-hybridized carbons (Fsp3) is 0. The summed E-state index contributed by atoms with van der Waals surface area (Å²) < 4.78 is 278. The van der Waals surface area contributed by atoms with E-state index in [0.29, 0.717) is 55.4 Å². The maximum Gasteiger partial charge on any atom is 0.135 e. The maximum absolute atomic E-state index is 9.56. The minimum atomic E-state index is -0.746. The molecule has 6 heterocycles. The molecule has 0 aliphatic heterocycles. The Hall–Kier alpha value is -13.2. The van der Waals surface area contributed by atoms with Crippen LogP contribution in [0.4, 0.5) is 0 Å². The van der Waals surface area contributed by atoms with Gasteiger partial charge in [0.05, 0.1) is 74.6 Å². The molecular formula is C92H58N4O2. The highest BCUT2D eigenvalue weighted by Gasteiger charge is 2.20. The summed E-state index contributed by atoms with van der Waals surface area (Å²) in [5.74, 6) is -2.39. The van der Waals surface area contributed by atoms with E-state index in [-0.39, 0.29) is 38.2 Å². The van der Waals surface area contributed by atoms with E-state index in [1.807, 2.05) is 84.9 Å². The smallest absolute Gasteiger partial charge is 0.135 e. The van der Waals surface area contributed by atoms with Crippen LogP contribution in [0.15, 0.2) is 337 Å². The fourth-order valence-electron chi connectivity index (χ4n) is 12.4. The molecule has 6 aromatic heterocycles. The second-order valence-corrected chi connectivity index (χ2v) is 22.4. The van der Waals surface area contributed by atoms with Crippen LogP contribution in [0.25, 0.3) is 200 Å². The second-order valence-electron chi connectivity index (χ2n) is 22.4. The highest BCUT2D eigenvalue weighted by atomic mass is 16.3. The zero-order chi connectivity index (χ0) is 91.3. The number of hydrogen-bond acceptors (Lipinski definition) is 6. The van der Waals surface area contributed by atoms with Crippen molar-refractivity contribution in [2.24, 2.45) is 0 Å². The Bertz CT molecular complexity index is 8310. The molecule has 0 saturated heterocycles. The molecule has 0 bridgehead atoms. The van der Waals surface area contributed by atoms with Gasteiger partial charge < -0.3 is 8.83 Å². The van der Waals surface area contributed by atoms with Crippen LogP contribution >= 0.6 is 0 Å². The standard InChI is InChI=1S/C46H28N2O.C46H30N2O/c1-2-13-34-32(9-1)28-41(39-17-6-4-14-36(34)39)44-25-24-43(49-44)33-11-7-10-31(27-33)35-21-22-40(38-16-5-3-15-37(35)38)42-23-20-30-19-18-29-12-8-26-47-45(29)46(30)48-42;1-3-34-35(4-2)40(42-24-21-32-20-19-31-11-9-27-47-45(31)46(32)48-42)23-22-37(34)29-15-17-30(18-16-29)43-25-26-44(49-43)41-28-33-10-5-6-12-36(33)38-13-7-8-14-39(38)41/h1-28H;3-28H,1-2H2/i1D,2D,4D,6D,7D,9D,10D,11D,13D,14D,17D,24D,25D,27D,28D;5D,6D,7D,8D,10D,12D,13D,14D,15D,16D,17D,18D,25D,26D,28D. The molecule has 0 aliphatic rings. The zero-order valence-electron chi connectivity index (χ0n) is 80.9. The first-order valence-electron chi connectivity index (χ1n) is 45.5. The van der Waals surface area contributed by atoms with Gasteiger partial charge in [-0.05, 0) is 154 Å². The van der Waals surface area contributed by atoms with Crippen LogP contribution in [-0.4, -0.2) is 19.9 Å². The number of benzene rings is 13. The number of hydrogen-bond donors (Lipinski definition) is 0. The van der Waals surface area contributed by atoms with Gasteiger partial charge in [-0.3, -0.25) is 9.97 Å². The first-order chi connectivity index (χ1) is 61.0. The van der Waals surface area contributed by atoms with E-state index >= 15 is 0 Å². The molecule has 458 valence electrons. The normalized spacial score (nSPS) is 15.8. The lowest BCUT2D eigenvalue weighted by atomic mass is 9.90. The molecule has 0 amide bonds. The monoisotopic (exact) mass is 1280 g/mol. The number of furan rings is 2. The second kappa shape index (κ2) is 24.0.